The molecule has 1 saturated heterocycles. The Balaban J connectivity index is 1.26. The maximum atomic E-state index is 13.1. The van der Waals surface area contributed by atoms with E-state index in [1.807, 2.05) is 6.07 Å². The average Bonchev–Trinajstić information content (AvgIpc) is 3.37. The Bertz CT molecular complexity index is 960. The monoisotopic (exact) mass is 394 g/mol. The van der Waals surface area contributed by atoms with Crippen molar-refractivity contribution in [2.75, 3.05) is 26.2 Å². The molecule has 0 radical (unpaired) electrons. The fraction of sp³-hybridized carbons (Fsp3) is 0.455. The van der Waals surface area contributed by atoms with Gasteiger partial charge in [-0.25, -0.2) is 4.98 Å². The zero-order valence-electron chi connectivity index (χ0n) is 16.3. The predicted octanol–water partition coefficient (Wildman–Crippen LogP) is 3.88. The third-order valence-electron chi connectivity index (χ3n) is 6.24. The Morgan fingerprint density at radius 2 is 2.07 bits per heavy atom. The molecule has 0 saturated carbocycles. The van der Waals surface area contributed by atoms with E-state index in [-0.39, 0.29) is 11.9 Å². The maximum Gasteiger partial charge on any atom is 0.236 e. The van der Waals surface area contributed by atoms with Gasteiger partial charge in [0, 0.05) is 50.0 Å². The van der Waals surface area contributed by atoms with Gasteiger partial charge in [-0.3, -0.25) is 9.69 Å². The van der Waals surface area contributed by atoms with Crippen molar-refractivity contribution in [3.05, 3.63) is 53.3 Å². The van der Waals surface area contributed by atoms with Crippen molar-refractivity contribution >= 4 is 27.5 Å². The number of nitrogens with zero attached hydrogens (tertiary/aromatic N) is 4. The summed E-state index contributed by atoms with van der Waals surface area (Å²) >= 11 is 1.78. The van der Waals surface area contributed by atoms with Crippen LogP contribution in [0.1, 0.15) is 42.4 Å². The standard InChI is InChI=1S/C22H26N4OS/c1-16-19-8-5-10-24(19)12-13-25(16)15-21(27)26-11-4-6-17(14-26)22-23-18-7-2-3-9-20(18)28-22/h2-3,5,7-10,16-17H,4,6,11-15H2,1H3/t16-,17+/m0/s1. The second kappa shape index (κ2) is 7.33. The number of likely N-dealkylation sites (tertiary alicyclic amines) is 1. The third-order valence-corrected chi connectivity index (χ3v) is 7.44. The SMILES string of the molecule is C[C@H]1c2cccn2CCN1CC(=O)N1CCC[C@@H](c2nc3ccccc3s2)C1. The van der Waals surface area contributed by atoms with Gasteiger partial charge in [0.2, 0.25) is 5.91 Å². The first-order valence-corrected chi connectivity index (χ1v) is 11.0. The largest absolute Gasteiger partial charge is 0.349 e. The number of para-hydroxylation sites is 1. The summed E-state index contributed by atoms with van der Waals surface area (Å²) in [6, 6.07) is 12.9. The van der Waals surface area contributed by atoms with Crippen LogP contribution in [0.25, 0.3) is 10.2 Å². The molecule has 3 aromatic rings. The number of piperidine rings is 1. The molecule has 0 N–H and O–H groups in total. The smallest absolute Gasteiger partial charge is 0.236 e. The van der Waals surface area contributed by atoms with Crippen molar-refractivity contribution in [2.45, 2.75) is 38.3 Å². The Kier molecular flexibility index (Phi) is 4.69. The highest BCUT2D eigenvalue weighted by atomic mass is 32.1. The lowest BCUT2D eigenvalue weighted by Crippen LogP contribution is -2.47. The van der Waals surface area contributed by atoms with Crippen LogP contribution in [0.2, 0.25) is 0 Å². The van der Waals surface area contributed by atoms with Gasteiger partial charge in [-0.2, -0.15) is 0 Å². The molecule has 1 fully saturated rings. The summed E-state index contributed by atoms with van der Waals surface area (Å²) < 4.78 is 3.54. The van der Waals surface area contributed by atoms with Crippen molar-refractivity contribution in [2.24, 2.45) is 0 Å². The van der Waals surface area contributed by atoms with Crippen LogP contribution in [-0.4, -0.2) is 51.4 Å². The van der Waals surface area contributed by atoms with Crippen LogP contribution in [0.15, 0.2) is 42.6 Å². The van der Waals surface area contributed by atoms with Crippen molar-refractivity contribution in [1.82, 2.24) is 19.4 Å². The van der Waals surface area contributed by atoms with Gasteiger partial charge in [-0.15, -0.1) is 11.3 Å². The number of carbonyl (C=O) groups excluding carboxylic acids is 1. The number of hydrogen-bond donors (Lipinski definition) is 0. The van der Waals surface area contributed by atoms with Gasteiger partial charge >= 0.3 is 0 Å². The molecule has 4 heterocycles. The minimum atomic E-state index is 0.262. The van der Waals surface area contributed by atoms with Gasteiger partial charge in [0.05, 0.1) is 21.8 Å². The number of fused-ring (bicyclic) bond motifs is 2. The van der Waals surface area contributed by atoms with E-state index in [1.165, 1.54) is 15.4 Å². The molecule has 0 spiro atoms. The summed E-state index contributed by atoms with van der Waals surface area (Å²) in [7, 11) is 0. The molecular formula is C22H26N4OS. The molecule has 6 heteroatoms. The molecule has 5 nitrogen and oxygen atoms in total. The summed E-state index contributed by atoms with van der Waals surface area (Å²) in [6.07, 6.45) is 4.32. The highest BCUT2D eigenvalue weighted by Gasteiger charge is 2.30. The summed E-state index contributed by atoms with van der Waals surface area (Å²) in [5, 5.41) is 1.18. The van der Waals surface area contributed by atoms with Crippen molar-refractivity contribution in [3.63, 3.8) is 0 Å². The first-order valence-electron chi connectivity index (χ1n) is 10.2. The molecule has 2 aromatic heterocycles. The normalized spacial score (nSPS) is 23.1. The van der Waals surface area contributed by atoms with Crippen LogP contribution < -0.4 is 0 Å². The Morgan fingerprint density at radius 3 is 2.96 bits per heavy atom. The molecular weight excluding hydrogens is 368 g/mol. The molecule has 0 unspecified atom stereocenters. The number of rotatable bonds is 3. The third kappa shape index (κ3) is 3.25. The lowest BCUT2D eigenvalue weighted by molar-refractivity contribution is -0.134. The summed E-state index contributed by atoms with van der Waals surface area (Å²) in [6.45, 7) is 6.30. The maximum absolute atomic E-state index is 13.1. The highest BCUT2D eigenvalue weighted by Crippen LogP contribution is 2.33. The lowest BCUT2D eigenvalue weighted by atomic mass is 9.98. The van der Waals surface area contributed by atoms with Gasteiger partial charge in [0.25, 0.3) is 0 Å². The predicted molar refractivity (Wildman–Crippen MR) is 113 cm³/mol. The van der Waals surface area contributed by atoms with Gasteiger partial charge in [-0.1, -0.05) is 12.1 Å². The number of thiazole rings is 1. The van der Waals surface area contributed by atoms with E-state index in [0.29, 0.717) is 12.5 Å². The minimum absolute atomic E-state index is 0.262. The number of amides is 1. The Labute approximate surface area is 169 Å². The summed E-state index contributed by atoms with van der Waals surface area (Å²) in [5.41, 5.74) is 2.39. The zero-order chi connectivity index (χ0) is 19.1. The van der Waals surface area contributed by atoms with Crippen LogP contribution in [0.3, 0.4) is 0 Å². The molecule has 146 valence electrons. The number of carbonyl (C=O) groups is 1. The summed E-state index contributed by atoms with van der Waals surface area (Å²) in [4.78, 5) is 22.3. The highest BCUT2D eigenvalue weighted by molar-refractivity contribution is 7.18. The van der Waals surface area contributed by atoms with Crippen LogP contribution >= 0.6 is 11.3 Å². The quantitative estimate of drug-likeness (QED) is 0.677. The molecule has 28 heavy (non-hydrogen) atoms. The van der Waals surface area contributed by atoms with Gasteiger partial charge < -0.3 is 9.47 Å². The van der Waals surface area contributed by atoms with E-state index in [2.05, 4.69) is 57.8 Å². The van der Waals surface area contributed by atoms with E-state index in [0.717, 1.165) is 44.5 Å². The van der Waals surface area contributed by atoms with Gasteiger partial charge in [0.15, 0.2) is 0 Å². The molecule has 1 amide bonds. The lowest BCUT2D eigenvalue weighted by Gasteiger charge is -2.37. The van der Waals surface area contributed by atoms with Gasteiger partial charge in [-0.05, 0) is 44.0 Å². The fourth-order valence-corrected chi connectivity index (χ4v) is 5.68. The van der Waals surface area contributed by atoms with Crippen LogP contribution in [0, 0.1) is 0 Å². The van der Waals surface area contributed by atoms with Crippen molar-refractivity contribution in [1.29, 1.82) is 0 Å². The summed E-state index contributed by atoms with van der Waals surface area (Å²) in [5.74, 6) is 0.628. The van der Waals surface area contributed by atoms with Crippen LogP contribution in [0.5, 0.6) is 0 Å². The number of benzene rings is 1. The second-order valence-electron chi connectivity index (χ2n) is 7.97. The molecule has 1 aromatic carbocycles. The molecule has 2 aliphatic rings. The van der Waals surface area contributed by atoms with Crippen molar-refractivity contribution < 1.29 is 4.79 Å². The van der Waals surface area contributed by atoms with E-state index >= 15 is 0 Å². The molecule has 2 aliphatic heterocycles. The Morgan fingerprint density at radius 1 is 1.18 bits per heavy atom. The van der Waals surface area contributed by atoms with Crippen LogP contribution in [0.4, 0.5) is 0 Å². The van der Waals surface area contributed by atoms with E-state index < -0.39 is 0 Å². The van der Waals surface area contributed by atoms with E-state index in [9.17, 15) is 4.79 Å². The van der Waals surface area contributed by atoms with Gasteiger partial charge in [0.1, 0.15) is 0 Å². The average molecular weight is 395 g/mol. The van der Waals surface area contributed by atoms with Crippen molar-refractivity contribution in [3.8, 4) is 0 Å². The number of hydrogen-bond acceptors (Lipinski definition) is 4. The minimum Gasteiger partial charge on any atom is -0.349 e. The topological polar surface area (TPSA) is 41.4 Å². The second-order valence-corrected chi connectivity index (χ2v) is 9.03. The molecule has 5 rings (SSSR count). The Hall–Kier alpha value is -2.18. The van der Waals surface area contributed by atoms with E-state index in [4.69, 9.17) is 4.98 Å². The molecule has 0 aliphatic carbocycles. The zero-order valence-corrected chi connectivity index (χ0v) is 17.1. The molecule has 2 atom stereocenters. The van der Waals surface area contributed by atoms with E-state index in [1.54, 1.807) is 11.3 Å². The number of aromatic nitrogens is 2. The fourth-order valence-electron chi connectivity index (χ4n) is 4.59. The van der Waals surface area contributed by atoms with Crippen LogP contribution in [-0.2, 0) is 11.3 Å². The molecule has 0 bridgehead atoms. The first kappa shape index (κ1) is 17.9. The first-order chi connectivity index (χ1) is 13.7.